The number of allylic oxidation sites excluding steroid dienone is 1. The van der Waals surface area contributed by atoms with Crippen LogP contribution in [0.25, 0.3) is 0 Å². The second-order valence-corrected chi connectivity index (χ2v) is 31.4. The number of unbranched alkanes of at least 4 members (excludes halogenated alkanes) is 7. The molecule has 0 bridgehead atoms. The van der Waals surface area contributed by atoms with E-state index in [2.05, 4.69) is 89.9 Å². The Morgan fingerprint density at radius 1 is 0.761 bits per heavy atom. The molecule has 1 amide bonds. The van der Waals surface area contributed by atoms with Gasteiger partial charge in [0.2, 0.25) is 0 Å². The van der Waals surface area contributed by atoms with Crippen molar-refractivity contribution in [2.45, 2.75) is 172 Å². The number of hydrogen-bond acceptors (Lipinski definition) is 9. The Hall–Kier alpha value is -4.25. The molecule has 4 aromatic rings. The Morgan fingerprint density at radius 2 is 1.31 bits per heavy atom. The fraction of sp³-hybridized carbons (Fsp3) is 0.525. The van der Waals surface area contributed by atoms with E-state index in [0.717, 1.165) is 67.3 Å². The zero-order valence-corrected chi connectivity index (χ0v) is 46.0. The molecule has 0 saturated carbocycles. The minimum absolute atomic E-state index is 0.00278. The third-order valence-electron chi connectivity index (χ3n) is 14.3. The van der Waals surface area contributed by atoms with Crippen molar-refractivity contribution >= 4 is 38.6 Å². The largest absolute Gasteiger partial charge is 0.454 e. The van der Waals surface area contributed by atoms with Gasteiger partial charge >= 0.3 is 5.97 Å². The molecule has 2 aliphatic rings. The number of esters is 1. The first-order chi connectivity index (χ1) is 34.1. The topological polar surface area (TPSA) is 111 Å². The molecule has 1 N–H and O–H groups in total. The second kappa shape index (κ2) is 26.6. The molecular weight excluding hydrogens is 923 g/mol. The zero-order valence-electron chi connectivity index (χ0n) is 44.0. The monoisotopic (exact) mass is 1010 g/mol. The predicted molar refractivity (Wildman–Crippen MR) is 289 cm³/mol. The summed E-state index contributed by atoms with van der Waals surface area (Å²) in [4.78, 5) is 30.0. The molecule has 0 aromatic heterocycles. The van der Waals surface area contributed by atoms with Crippen LogP contribution in [0.5, 0.6) is 0 Å². The number of cyclic esters (lactones) is 1. The minimum atomic E-state index is -3.29. The Kier molecular flexibility index (Phi) is 21.0. The van der Waals surface area contributed by atoms with Crippen LogP contribution < -0.4 is 15.7 Å². The summed E-state index contributed by atoms with van der Waals surface area (Å²) in [7, 11) is -4.98. The molecule has 1 unspecified atom stereocenters. The first-order valence-corrected chi connectivity index (χ1v) is 31.8. The smallest absolute Gasteiger partial charge is 0.337 e. The van der Waals surface area contributed by atoms with E-state index in [1.807, 2.05) is 78.9 Å². The predicted octanol–water partition coefficient (Wildman–Crippen LogP) is 11.5. The molecule has 5 atom stereocenters. The van der Waals surface area contributed by atoms with Crippen molar-refractivity contribution in [3.63, 3.8) is 0 Å². The van der Waals surface area contributed by atoms with Crippen molar-refractivity contribution in [2.24, 2.45) is 0 Å². The maximum atomic E-state index is 15.3. The number of amides is 1. The summed E-state index contributed by atoms with van der Waals surface area (Å²) < 4.78 is 46.6. The van der Waals surface area contributed by atoms with Crippen molar-refractivity contribution in [3.8, 4) is 0 Å². The van der Waals surface area contributed by atoms with Gasteiger partial charge in [-0.05, 0) is 65.7 Å². The van der Waals surface area contributed by atoms with Crippen LogP contribution >= 0.6 is 0 Å². The van der Waals surface area contributed by atoms with Crippen LogP contribution in [-0.4, -0.2) is 90.2 Å². The molecule has 6 rings (SSSR count). The molecule has 0 radical (unpaired) electrons. The number of rotatable bonds is 29. The SMILES string of the molecule is CCCCCCC1(CCCCCC/C=C/[C@H](OCOC(C)[Si](C)(C)C)[C@H]2OC(=O)[C@@](CO[Si](c3ccccc3)(c3ccccc3)C(C)(C)C)(NC(=O)c3ccccc3)[C@H]2OCc2ccccc2)OCCO1. The molecule has 2 aliphatic heterocycles. The van der Waals surface area contributed by atoms with Crippen molar-refractivity contribution in [1.29, 1.82) is 0 Å². The van der Waals surface area contributed by atoms with Gasteiger partial charge in [0.15, 0.2) is 17.4 Å². The molecular formula is C59H83NO9Si2. The summed E-state index contributed by atoms with van der Waals surface area (Å²) in [5, 5.41) is 4.86. The molecule has 71 heavy (non-hydrogen) atoms. The van der Waals surface area contributed by atoms with Crippen LogP contribution in [0.2, 0.25) is 24.7 Å². The van der Waals surface area contributed by atoms with E-state index < -0.39 is 62.9 Å². The van der Waals surface area contributed by atoms with Crippen LogP contribution in [0.4, 0.5) is 0 Å². The summed E-state index contributed by atoms with van der Waals surface area (Å²) in [6, 6.07) is 39.3. The lowest BCUT2D eigenvalue weighted by atomic mass is 9.89. The van der Waals surface area contributed by atoms with Gasteiger partial charge in [0.1, 0.15) is 19.0 Å². The quantitative estimate of drug-likeness (QED) is 0.0187. The lowest BCUT2D eigenvalue weighted by molar-refractivity contribution is -0.168. The van der Waals surface area contributed by atoms with Gasteiger partial charge in [-0.2, -0.15) is 0 Å². The lowest BCUT2D eigenvalue weighted by Gasteiger charge is -2.45. The Bertz CT molecular complexity index is 2170. The molecule has 2 saturated heterocycles. The van der Waals surface area contributed by atoms with E-state index in [0.29, 0.717) is 18.8 Å². The molecule has 10 nitrogen and oxygen atoms in total. The number of hydrogen-bond donors (Lipinski definition) is 1. The number of benzene rings is 4. The van der Waals surface area contributed by atoms with Gasteiger partial charge in [0.05, 0.1) is 34.5 Å². The van der Waals surface area contributed by atoms with Gasteiger partial charge in [-0.15, -0.1) is 0 Å². The zero-order chi connectivity index (χ0) is 50.8. The fourth-order valence-corrected chi connectivity index (χ4v) is 14.9. The van der Waals surface area contributed by atoms with Gasteiger partial charge in [0.25, 0.3) is 14.2 Å². The second-order valence-electron chi connectivity index (χ2n) is 21.6. The molecule has 12 heteroatoms. The number of carbonyl (C=O) groups is 2. The first-order valence-electron chi connectivity index (χ1n) is 26.3. The molecule has 0 spiro atoms. The van der Waals surface area contributed by atoms with Gasteiger partial charge < -0.3 is 38.2 Å². The fourth-order valence-electron chi connectivity index (χ4n) is 9.77. The van der Waals surface area contributed by atoms with E-state index >= 15 is 4.79 Å². The van der Waals surface area contributed by atoms with Gasteiger partial charge in [-0.3, -0.25) is 4.79 Å². The van der Waals surface area contributed by atoms with Crippen molar-refractivity contribution in [3.05, 3.63) is 145 Å². The maximum Gasteiger partial charge on any atom is 0.337 e. The normalized spacial score (nSPS) is 20.3. The van der Waals surface area contributed by atoms with Crippen LogP contribution in [0.3, 0.4) is 0 Å². The van der Waals surface area contributed by atoms with Gasteiger partial charge in [-0.25, -0.2) is 4.79 Å². The van der Waals surface area contributed by atoms with Gasteiger partial charge in [-0.1, -0.05) is 201 Å². The Balaban J connectivity index is 1.33. The summed E-state index contributed by atoms with van der Waals surface area (Å²) in [6.45, 7) is 18.9. The highest BCUT2D eigenvalue weighted by Crippen LogP contribution is 2.41. The lowest BCUT2D eigenvalue weighted by Crippen LogP contribution is -2.71. The third-order valence-corrected chi connectivity index (χ3v) is 21.9. The van der Waals surface area contributed by atoms with Crippen molar-refractivity contribution in [2.75, 3.05) is 26.6 Å². The van der Waals surface area contributed by atoms with E-state index in [4.69, 9.17) is 32.8 Å². The highest BCUT2D eigenvalue weighted by molar-refractivity contribution is 6.99. The van der Waals surface area contributed by atoms with E-state index in [9.17, 15) is 4.79 Å². The Morgan fingerprint density at radius 3 is 1.87 bits per heavy atom. The van der Waals surface area contributed by atoms with Gasteiger partial charge in [0, 0.05) is 24.1 Å². The molecule has 0 aliphatic carbocycles. The van der Waals surface area contributed by atoms with Crippen molar-refractivity contribution < 1.29 is 42.4 Å². The number of nitrogens with one attached hydrogen (secondary N) is 1. The standard InChI is InChI=1S/C59H83NO9Si2/c1-9-10-11-29-40-58(66-42-43-67-58)41-30-15-13-12-14-28-39-52(65-46-64-47(2)70(6,7)8)53-54(63-44-48-31-20-16-21-32-48)59(56(62)69-53,60-55(61)49-33-22-17-23-34-49)45-68-71(57(3,4)5,50-35-24-18-25-36-50)51-37-26-19-27-38-51/h16-28,31-39,47,52-54H,9-15,29-30,40-46H2,1-8H3,(H,60,61)/b39-28+/t47?,52-,53+,54-,59-/m0/s1. The summed E-state index contributed by atoms with van der Waals surface area (Å²) in [6.07, 6.45) is 12.9. The van der Waals surface area contributed by atoms with E-state index in [1.54, 1.807) is 24.3 Å². The summed E-state index contributed by atoms with van der Waals surface area (Å²) in [5.74, 6) is -1.53. The summed E-state index contributed by atoms with van der Waals surface area (Å²) >= 11 is 0. The highest BCUT2D eigenvalue weighted by atomic mass is 28.4. The third kappa shape index (κ3) is 14.9. The number of ether oxygens (including phenoxy) is 6. The Labute approximate surface area is 427 Å². The van der Waals surface area contributed by atoms with Crippen LogP contribution in [-0.2, 0) is 44.2 Å². The highest BCUT2D eigenvalue weighted by Gasteiger charge is 2.63. The molecule has 386 valence electrons. The van der Waals surface area contributed by atoms with E-state index in [1.165, 1.54) is 19.3 Å². The number of carbonyl (C=O) groups excluding carboxylic acids is 2. The minimum Gasteiger partial charge on any atom is -0.454 e. The maximum absolute atomic E-state index is 15.3. The van der Waals surface area contributed by atoms with E-state index in [-0.39, 0.29) is 25.7 Å². The average molecular weight is 1010 g/mol. The average Bonchev–Trinajstić information content (AvgIpc) is 3.94. The molecule has 2 heterocycles. The van der Waals surface area contributed by atoms with Crippen LogP contribution in [0.1, 0.15) is 121 Å². The van der Waals surface area contributed by atoms with Crippen LogP contribution in [0.15, 0.2) is 133 Å². The van der Waals surface area contributed by atoms with Crippen LogP contribution in [0, 0.1) is 0 Å². The first kappa shape index (κ1) is 56.1. The summed E-state index contributed by atoms with van der Waals surface area (Å²) in [5.41, 5.74) is -0.526. The molecule has 4 aromatic carbocycles. The molecule has 2 fully saturated rings. The van der Waals surface area contributed by atoms with Crippen molar-refractivity contribution in [1.82, 2.24) is 5.32 Å².